The fourth-order valence-corrected chi connectivity index (χ4v) is 4.23. The van der Waals surface area contributed by atoms with Crippen LogP contribution >= 0.6 is 0 Å². The van der Waals surface area contributed by atoms with E-state index in [9.17, 15) is 13.2 Å². The Morgan fingerprint density at radius 1 is 1.11 bits per heavy atom. The van der Waals surface area contributed by atoms with Gasteiger partial charge in [0, 0.05) is 11.8 Å². The predicted molar refractivity (Wildman–Crippen MR) is 104 cm³/mol. The molecule has 0 bridgehead atoms. The van der Waals surface area contributed by atoms with E-state index in [4.69, 9.17) is 14.2 Å². The second-order valence-corrected chi connectivity index (χ2v) is 8.54. The number of fused-ring (bicyclic) bond motifs is 2. The summed E-state index contributed by atoms with van der Waals surface area (Å²) < 4.78 is 43.0. The van der Waals surface area contributed by atoms with Crippen LogP contribution in [0, 0.1) is 0 Å². The van der Waals surface area contributed by atoms with Gasteiger partial charge in [0.2, 0.25) is 10.0 Å². The standard InChI is InChI=1S/C19H20N2O6S/c1-2-28(23,24)21-12-18(27-15-6-4-3-5-14(15)21)19(22)20-13-7-8-16-17(11-13)26-10-9-25-16/h3-8,11,18H,2,9-10,12H2,1H3,(H,20,22)/t18-/m0/s1. The first-order valence-corrected chi connectivity index (χ1v) is 10.6. The first-order valence-electron chi connectivity index (χ1n) is 8.94. The van der Waals surface area contributed by atoms with Gasteiger partial charge in [0.05, 0.1) is 18.0 Å². The molecular formula is C19H20N2O6S. The molecule has 1 amide bonds. The van der Waals surface area contributed by atoms with Crippen molar-refractivity contribution in [3.8, 4) is 17.2 Å². The van der Waals surface area contributed by atoms with Gasteiger partial charge in [-0.15, -0.1) is 0 Å². The van der Waals surface area contributed by atoms with Crippen LogP contribution in [-0.4, -0.2) is 45.9 Å². The van der Waals surface area contributed by atoms with Crippen molar-refractivity contribution in [2.75, 3.05) is 35.1 Å². The highest BCUT2D eigenvalue weighted by molar-refractivity contribution is 7.92. The van der Waals surface area contributed by atoms with Crippen LogP contribution in [0.25, 0.3) is 0 Å². The molecule has 4 rings (SSSR count). The number of nitrogens with zero attached hydrogens (tertiary/aromatic N) is 1. The lowest BCUT2D eigenvalue weighted by atomic mass is 10.2. The molecule has 0 aliphatic carbocycles. The third kappa shape index (κ3) is 3.45. The molecule has 1 N–H and O–H groups in total. The average molecular weight is 404 g/mol. The summed E-state index contributed by atoms with van der Waals surface area (Å²) in [4.78, 5) is 12.8. The van der Waals surface area contributed by atoms with Crippen LogP contribution in [0.1, 0.15) is 6.92 Å². The molecule has 9 heteroatoms. The Morgan fingerprint density at radius 3 is 2.64 bits per heavy atom. The number of hydrogen-bond acceptors (Lipinski definition) is 6. The highest BCUT2D eigenvalue weighted by Crippen LogP contribution is 2.36. The quantitative estimate of drug-likeness (QED) is 0.838. The number of anilines is 2. The van der Waals surface area contributed by atoms with Gasteiger partial charge in [-0.3, -0.25) is 9.10 Å². The predicted octanol–water partition coefficient (Wildman–Crippen LogP) is 2.01. The van der Waals surface area contributed by atoms with Gasteiger partial charge >= 0.3 is 0 Å². The van der Waals surface area contributed by atoms with E-state index in [0.29, 0.717) is 41.8 Å². The second kappa shape index (κ2) is 7.23. The molecule has 0 radical (unpaired) electrons. The van der Waals surface area contributed by atoms with Gasteiger partial charge in [-0.05, 0) is 31.2 Å². The molecule has 0 fully saturated rings. The topological polar surface area (TPSA) is 94.2 Å². The van der Waals surface area contributed by atoms with Crippen molar-refractivity contribution in [3.63, 3.8) is 0 Å². The average Bonchev–Trinajstić information content (AvgIpc) is 2.72. The lowest BCUT2D eigenvalue weighted by Gasteiger charge is -2.34. The molecular weight excluding hydrogens is 384 g/mol. The highest BCUT2D eigenvalue weighted by Gasteiger charge is 2.36. The first kappa shape index (κ1) is 18.4. The van der Waals surface area contributed by atoms with E-state index in [1.165, 1.54) is 4.31 Å². The summed E-state index contributed by atoms with van der Waals surface area (Å²) >= 11 is 0. The largest absolute Gasteiger partial charge is 0.486 e. The molecule has 2 aromatic rings. The van der Waals surface area contributed by atoms with E-state index in [2.05, 4.69) is 5.32 Å². The molecule has 8 nitrogen and oxygen atoms in total. The van der Waals surface area contributed by atoms with E-state index in [-0.39, 0.29) is 12.3 Å². The fourth-order valence-electron chi connectivity index (χ4n) is 3.10. The van der Waals surface area contributed by atoms with Crippen LogP contribution in [0.3, 0.4) is 0 Å². The lowest BCUT2D eigenvalue weighted by Crippen LogP contribution is -2.49. The van der Waals surface area contributed by atoms with Crippen molar-refractivity contribution in [2.24, 2.45) is 0 Å². The summed E-state index contributed by atoms with van der Waals surface area (Å²) in [5.41, 5.74) is 0.953. The molecule has 0 unspecified atom stereocenters. The second-order valence-electron chi connectivity index (χ2n) is 6.35. The molecule has 28 heavy (non-hydrogen) atoms. The Balaban J connectivity index is 1.57. The number of rotatable bonds is 4. The lowest BCUT2D eigenvalue weighted by molar-refractivity contribution is -0.122. The number of para-hydroxylation sites is 2. The number of sulfonamides is 1. The van der Waals surface area contributed by atoms with Gasteiger partial charge < -0.3 is 19.5 Å². The van der Waals surface area contributed by atoms with E-state index in [1.807, 2.05) is 0 Å². The van der Waals surface area contributed by atoms with Crippen molar-refractivity contribution in [1.82, 2.24) is 0 Å². The minimum atomic E-state index is -3.55. The maximum Gasteiger partial charge on any atom is 0.267 e. The van der Waals surface area contributed by atoms with Crippen LogP contribution < -0.4 is 23.8 Å². The van der Waals surface area contributed by atoms with Crippen molar-refractivity contribution in [2.45, 2.75) is 13.0 Å². The molecule has 0 saturated carbocycles. The van der Waals surface area contributed by atoms with Crippen LogP contribution in [0.4, 0.5) is 11.4 Å². The summed E-state index contributed by atoms with van der Waals surface area (Å²) in [5.74, 6) is 1.01. The summed E-state index contributed by atoms with van der Waals surface area (Å²) in [7, 11) is -3.55. The van der Waals surface area contributed by atoms with E-state index in [1.54, 1.807) is 49.4 Å². The van der Waals surface area contributed by atoms with Crippen molar-refractivity contribution < 1.29 is 27.4 Å². The van der Waals surface area contributed by atoms with Crippen LogP contribution in [0.2, 0.25) is 0 Å². The van der Waals surface area contributed by atoms with Crippen molar-refractivity contribution in [1.29, 1.82) is 0 Å². The third-order valence-corrected chi connectivity index (χ3v) is 6.28. The third-order valence-electron chi connectivity index (χ3n) is 4.54. The summed E-state index contributed by atoms with van der Waals surface area (Å²) in [5, 5.41) is 2.76. The summed E-state index contributed by atoms with van der Waals surface area (Å²) in [6.45, 7) is 2.40. The van der Waals surface area contributed by atoms with Gasteiger partial charge in [0.1, 0.15) is 19.0 Å². The van der Waals surface area contributed by atoms with Gasteiger partial charge in [0.25, 0.3) is 5.91 Å². The number of carbonyl (C=O) groups excluding carboxylic acids is 1. The first-order chi connectivity index (χ1) is 13.5. The molecule has 1 atom stereocenters. The molecule has 2 heterocycles. The normalized spacial score (nSPS) is 18.0. The van der Waals surface area contributed by atoms with Crippen LogP contribution in [-0.2, 0) is 14.8 Å². The van der Waals surface area contributed by atoms with Crippen LogP contribution in [0.5, 0.6) is 17.2 Å². The smallest absolute Gasteiger partial charge is 0.267 e. The summed E-state index contributed by atoms with van der Waals surface area (Å²) in [6.07, 6.45) is -0.982. The maximum atomic E-state index is 12.8. The van der Waals surface area contributed by atoms with Gasteiger partial charge in [-0.2, -0.15) is 0 Å². The Labute approximate surface area is 163 Å². The zero-order chi connectivity index (χ0) is 19.7. The Hall–Kier alpha value is -2.94. The molecule has 0 spiro atoms. The van der Waals surface area contributed by atoms with Crippen molar-refractivity contribution >= 4 is 27.3 Å². The summed E-state index contributed by atoms with van der Waals surface area (Å²) in [6, 6.07) is 11.9. The Bertz CT molecular complexity index is 1010. The van der Waals surface area contributed by atoms with Gasteiger partial charge in [0.15, 0.2) is 17.6 Å². The van der Waals surface area contributed by atoms with Gasteiger partial charge in [-0.1, -0.05) is 12.1 Å². The molecule has 2 aromatic carbocycles. The minimum absolute atomic E-state index is 0.0716. The molecule has 2 aliphatic heterocycles. The number of nitrogens with one attached hydrogen (secondary N) is 1. The van der Waals surface area contributed by atoms with Crippen molar-refractivity contribution in [3.05, 3.63) is 42.5 Å². The van der Waals surface area contributed by atoms with E-state index >= 15 is 0 Å². The molecule has 0 saturated heterocycles. The zero-order valence-corrected chi connectivity index (χ0v) is 16.1. The van der Waals surface area contributed by atoms with Crippen LogP contribution in [0.15, 0.2) is 42.5 Å². The number of benzene rings is 2. The number of carbonyl (C=O) groups is 1. The van der Waals surface area contributed by atoms with E-state index in [0.717, 1.165) is 0 Å². The maximum absolute atomic E-state index is 12.8. The number of ether oxygens (including phenoxy) is 3. The SMILES string of the molecule is CCS(=O)(=O)N1C[C@@H](C(=O)Nc2ccc3c(c2)OCCO3)Oc2ccccc21. The molecule has 148 valence electrons. The molecule has 0 aromatic heterocycles. The van der Waals surface area contributed by atoms with Gasteiger partial charge in [-0.25, -0.2) is 8.42 Å². The minimum Gasteiger partial charge on any atom is -0.486 e. The highest BCUT2D eigenvalue weighted by atomic mass is 32.2. The molecule has 2 aliphatic rings. The Kier molecular flexibility index (Phi) is 4.76. The van der Waals surface area contributed by atoms with E-state index < -0.39 is 22.0 Å². The fraction of sp³-hybridized carbons (Fsp3) is 0.316. The number of hydrogen-bond donors (Lipinski definition) is 1. The monoisotopic (exact) mass is 404 g/mol. The zero-order valence-electron chi connectivity index (χ0n) is 15.3. The Morgan fingerprint density at radius 2 is 1.86 bits per heavy atom. The number of amides is 1.